The van der Waals surface area contributed by atoms with Crippen LogP contribution in [0.5, 0.6) is 11.5 Å². The molecule has 5 rings (SSSR count). The van der Waals surface area contributed by atoms with Gasteiger partial charge in [0.1, 0.15) is 18.9 Å². The van der Waals surface area contributed by atoms with Gasteiger partial charge in [-0.3, -0.25) is 4.79 Å². The van der Waals surface area contributed by atoms with Crippen LogP contribution in [0.2, 0.25) is 0 Å². The summed E-state index contributed by atoms with van der Waals surface area (Å²) < 4.78 is 14.2. The standard InChI is InChI=1S/C22H21BrN2O3/c1-24-17-6-3-2-5-15(17)20(23)21(24)22(26)25-10-4-7-16(25)14-8-9-18-19(13-14)28-12-11-27-18/h2-3,5-6,8-9,13,16H,4,7,10-12H2,1H3. The molecule has 0 N–H and O–H groups in total. The van der Waals surface area contributed by atoms with E-state index in [1.807, 2.05) is 52.9 Å². The summed E-state index contributed by atoms with van der Waals surface area (Å²) in [4.78, 5) is 15.5. The second-order valence-electron chi connectivity index (χ2n) is 7.30. The lowest BCUT2D eigenvalue weighted by Gasteiger charge is -2.27. The van der Waals surface area contributed by atoms with Crippen molar-refractivity contribution < 1.29 is 14.3 Å². The molecule has 2 aliphatic heterocycles. The molecule has 144 valence electrons. The van der Waals surface area contributed by atoms with Gasteiger partial charge < -0.3 is 18.9 Å². The number of rotatable bonds is 2. The van der Waals surface area contributed by atoms with Gasteiger partial charge in [-0.05, 0) is 52.5 Å². The second-order valence-corrected chi connectivity index (χ2v) is 8.09. The van der Waals surface area contributed by atoms with Gasteiger partial charge in [-0.25, -0.2) is 0 Å². The number of carbonyl (C=O) groups excluding carboxylic acids is 1. The van der Waals surface area contributed by atoms with Gasteiger partial charge >= 0.3 is 0 Å². The van der Waals surface area contributed by atoms with E-state index in [9.17, 15) is 4.79 Å². The third-order valence-electron chi connectivity index (χ3n) is 5.71. The van der Waals surface area contributed by atoms with Crippen molar-refractivity contribution in [3.63, 3.8) is 0 Å². The summed E-state index contributed by atoms with van der Waals surface area (Å²) in [6, 6.07) is 14.2. The van der Waals surface area contributed by atoms with Crippen LogP contribution in [0.4, 0.5) is 0 Å². The number of carbonyl (C=O) groups is 1. The normalized spacial score (nSPS) is 18.6. The van der Waals surface area contributed by atoms with Crippen LogP contribution in [0.15, 0.2) is 46.9 Å². The summed E-state index contributed by atoms with van der Waals surface area (Å²) in [7, 11) is 1.95. The van der Waals surface area contributed by atoms with Crippen LogP contribution in [0, 0.1) is 0 Å². The van der Waals surface area contributed by atoms with E-state index >= 15 is 0 Å². The molecule has 2 aliphatic rings. The number of benzene rings is 2. The molecule has 2 aromatic carbocycles. The minimum atomic E-state index is 0.0493. The number of halogens is 1. The Balaban J connectivity index is 1.52. The van der Waals surface area contributed by atoms with Crippen molar-refractivity contribution in [2.45, 2.75) is 18.9 Å². The molecule has 28 heavy (non-hydrogen) atoms. The van der Waals surface area contributed by atoms with E-state index in [1.165, 1.54) is 0 Å². The lowest BCUT2D eigenvalue weighted by atomic mass is 10.0. The smallest absolute Gasteiger partial charge is 0.272 e. The van der Waals surface area contributed by atoms with E-state index in [-0.39, 0.29) is 11.9 Å². The van der Waals surface area contributed by atoms with Crippen molar-refractivity contribution >= 4 is 32.7 Å². The fourth-order valence-electron chi connectivity index (χ4n) is 4.34. The third-order valence-corrected chi connectivity index (χ3v) is 6.52. The highest BCUT2D eigenvalue weighted by Gasteiger charge is 2.34. The molecule has 3 aromatic rings. The van der Waals surface area contributed by atoms with E-state index in [2.05, 4.69) is 22.0 Å². The van der Waals surface area contributed by atoms with Crippen molar-refractivity contribution in [2.24, 2.45) is 7.05 Å². The van der Waals surface area contributed by atoms with Crippen molar-refractivity contribution in [1.82, 2.24) is 9.47 Å². The Morgan fingerprint density at radius 1 is 1.11 bits per heavy atom. The maximum absolute atomic E-state index is 13.5. The quantitative estimate of drug-likeness (QED) is 0.580. The Kier molecular flexibility index (Phi) is 4.31. The number of hydrogen-bond donors (Lipinski definition) is 0. The summed E-state index contributed by atoms with van der Waals surface area (Å²) in [5.74, 6) is 1.61. The average Bonchev–Trinajstić information content (AvgIpc) is 3.31. The Labute approximate surface area is 172 Å². The molecule has 1 fully saturated rings. The van der Waals surface area contributed by atoms with Gasteiger partial charge in [0.15, 0.2) is 11.5 Å². The maximum Gasteiger partial charge on any atom is 0.272 e. The lowest BCUT2D eigenvalue weighted by Crippen LogP contribution is -2.32. The largest absolute Gasteiger partial charge is 0.486 e. The van der Waals surface area contributed by atoms with Gasteiger partial charge in [0.2, 0.25) is 0 Å². The number of likely N-dealkylation sites (tertiary alicyclic amines) is 1. The summed E-state index contributed by atoms with van der Waals surface area (Å²) in [6.45, 7) is 1.90. The van der Waals surface area contributed by atoms with Crippen molar-refractivity contribution in [1.29, 1.82) is 0 Å². The van der Waals surface area contributed by atoms with Crippen LogP contribution in [0.3, 0.4) is 0 Å². The fraction of sp³-hybridized carbons (Fsp3) is 0.318. The summed E-state index contributed by atoms with van der Waals surface area (Å²) >= 11 is 3.67. The summed E-state index contributed by atoms with van der Waals surface area (Å²) in [5, 5.41) is 1.06. The number of aromatic nitrogens is 1. The SMILES string of the molecule is Cn1c(C(=O)N2CCCC2c2ccc3c(c2)OCCO3)c(Br)c2ccccc21. The van der Waals surface area contributed by atoms with E-state index in [0.29, 0.717) is 18.9 Å². The zero-order valence-electron chi connectivity index (χ0n) is 15.7. The van der Waals surface area contributed by atoms with Gasteiger partial charge in [-0.2, -0.15) is 0 Å². The molecule has 1 saturated heterocycles. The Hall–Kier alpha value is -2.47. The fourth-order valence-corrected chi connectivity index (χ4v) is 5.11. The molecule has 5 nitrogen and oxygen atoms in total. The minimum Gasteiger partial charge on any atom is -0.486 e. The molecule has 1 atom stereocenters. The van der Waals surface area contributed by atoms with E-state index < -0.39 is 0 Å². The lowest BCUT2D eigenvalue weighted by molar-refractivity contribution is 0.0725. The van der Waals surface area contributed by atoms with E-state index in [1.54, 1.807) is 0 Å². The highest BCUT2D eigenvalue weighted by Crippen LogP contribution is 2.40. The van der Waals surface area contributed by atoms with Gasteiger partial charge in [0.05, 0.1) is 10.5 Å². The molecule has 0 spiro atoms. The molecule has 1 amide bonds. The molecule has 3 heterocycles. The van der Waals surface area contributed by atoms with Crippen molar-refractivity contribution in [3.8, 4) is 11.5 Å². The zero-order valence-corrected chi connectivity index (χ0v) is 17.2. The Morgan fingerprint density at radius 2 is 1.89 bits per heavy atom. The van der Waals surface area contributed by atoms with Crippen LogP contribution in [0.25, 0.3) is 10.9 Å². The van der Waals surface area contributed by atoms with Crippen LogP contribution in [-0.2, 0) is 7.05 Å². The Bertz CT molecular complexity index is 1040. The molecule has 1 aromatic heterocycles. The van der Waals surface area contributed by atoms with Gasteiger partial charge in [0.25, 0.3) is 5.91 Å². The molecular weight excluding hydrogens is 420 g/mol. The molecule has 1 unspecified atom stereocenters. The van der Waals surface area contributed by atoms with Gasteiger partial charge in [-0.1, -0.05) is 24.3 Å². The highest BCUT2D eigenvalue weighted by atomic mass is 79.9. The van der Waals surface area contributed by atoms with E-state index in [4.69, 9.17) is 9.47 Å². The number of fused-ring (bicyclic) bond motifs is 2. The third kappa shape index (κ3) is 2.70. The first kappa shape index (κ1) is 17.6. The first-order chi connectivity index (χ1) is 13.6. The molecule has 6 heteroatoms. The van der Waals surface area contributed by atoms with Crippen LogP contribution >= 0.6 is 15.9 Å². The molecule has 0 radical (unpaired) electrons. The van der Waals surface area contributed by atoms with Crippen LogP contribution in [-0.4, -0.2) is 35.1 Å². The number of hydrogen-bond acceptors (Lipinski definition) is 3. The maximum atomic E-state index is 13.5. The first-order valence-corrected chi connectivity index (χ1v) is 10.4. The predicted molar refractivity (Wildman–Crippen MR) is 111 cm³/mol. The Morgan fingerprint density at radius 3 is 2.71 bits per heavy atom. The second kappa shape index (κ2) is 6.85. The van der Waals surface area contributed by atoms with Gasteiger partial charge in [0, 0.05) is 24.5 Å². The highest BCUT2D eigenvalue weighted by molar-refractivity contribution is 9.10. The van der Waals surface area contributed by atoms with Crippen molar-refractivity contribution in [3.05, 3.63) is 58.2 Å². The minimum absolute atomic E-state index is 0.0493. The average molecular weight is 441 g/mol. The topological polar surface area (TPSA) is 43.7 Å². The molecule has 0 saturated carbocycles. The van der Waals surface area contributed by atoms with Crippen LogP contribution < -0.4 is 9.47 Å². The molecular formula is C22H21BrN2O3. The van der Waals surface area contributed by atoms with E-state index in [0.717, 1.165) is 51.8 Å². The number of aryl methyl sites for hydroxylation is 1. The summed E-state index contributed by atoms with van der Waals surface area (Å²) in [6.07, 6.45) is 1.94. The van der Waals surface area contributed by atoms with Crippen LogP contribution in [0.1, 0.15) is 34.9 Å². The van der Waals surface area contributed by atoms with Crippen molar-refractivity contribution in [2.75, 3.05) is 19.8 Å². The first-order valence-electron chi connectivity index (χ1n) is 9.58. The number of amides is 1. The van der Waals surface area contributed by atoms with Gasteiger partial charge in [-0.15, -0.1) is 0 Å². The summed E-state index contributed by atoms with van der Waals surface area (Å²) in [5.41, 5.74) is 2.85. The predicted octanol–water partition coefficient (Wildman–Crippen LogP) is 4.69. The number of nitrogens with zero attached hydrogens (tertiary/aromatic N) is 2. The monoisotopic (exact) mass is 440 g/mol. The number of para-hydroxylation sites is 1. The molecule has 0 bridgehead atoms. The molecule has 0 aliphatic carbocycles. The zero-order chi connectivity index (χ0) is 19.3. The number of ether oxygens (including phenoxy) is 2.